The monoisotopic (exact) mass is 261 g/mol. The van der Waals surface area contributed by atoms with Crippen molar-refractivity contribution in [2.24, 2.45) is 17.5 Å². The molecule has 3 rings (SSSR count). The van der Waals surface area contributed by atoms with Crippen molar-refractivity contribution in [1.29, 1.82) is 0 Å². The van der Waals surface area contributed by atoms with E-state index in [1.165, 1.54) is 37.8 Å². The van der Waals surface area contributed by atoms with Gasteiger partial charge < -0.3 is 10.2 Å². The van der Waals surface area contributed by atoms with Crippen molar-refractivity contribution in [3.8, 4) is 0 Å². The predicted octanol–water partition coefficient (Wildman–Crippen LogP) is 1.37. The molecule has 104 valence electrons. The molecule has 5 heteroatoms. The topological polar surface area (TPSA) is 45.5 Å². The molecule has 0 amide bonds. The van der Waals surface area contributed by atoms with Crippen molar-refractivity contribution < 1.29 is 0 Å². The van der Waals surface area contributed by atoms with Crippen LogP contribution in [0.25, 0.3) is 0 Å². The van der Waals surface area contributed by atoms with Crippen molar-refractivity contribution in [2.45, 2.75) is 32.2 Å². The van der Waals surface area contributed by atoms with Gasteiger partial charge in [-0.25, -0.2) is 0 Å². The fourth-order valence-corrected chi connectivity index (χ4v) is 3.28. The molecule has 2 fully saturated rings. The van der Waals surface area contributed by atoms with E-state index in [0.29, 0.717) is 5.41 Å². The molecule has 0 atom stereocenters. The van der Waals surface area contributed by atoms with Crippen LogP contribution in [0.1, 0.15) is 31.2 Å². The number of aromatic nitrogens is 2. The minimum atomic E-state index is 0.617. The normalized spacial score (nSPS) is 21.8. The summed E-state index contributed by atoms with van der Waals surface area (Å²) in [5.41, 5.74) is 1.81. The van der Waals surface area contributed by atoms with Gasteiger partial charge in [0.05, 0.1) is 6.20 Å². The largest absolute Gasteiger partial charge is 0.352 e. The van der Waals surface area contributed by atoms with Gasteiger partial charge in [0.25, 0.3) is 0 Å². The van der Waals surface area contributed by atoms with Gasteiger partial charge in [-0.15, -0.1) is 0 Å². The highest BCUT2D eigenvalue weighted by Crippen LogP contribution is 2.47. The third-order valence-corrected chi connectivity index (χ3v) is 4.57. The van der Waals surface area contributed by atoms with Crippen LogP contribution < -0.4 is 5.32 Å². The Kier molecular flexibility index (Phi) is 3.21. The molecule has 2 aliphatic rings. The lowest BCUT2D eigenvalue weighted by Crippen LogP contribution is -2.42. The number of hydrogen-bond donors (Lipinski definition) is 1. The van der Waals surface area contributed by atoms with E-state index < -0.39 is 0 Å². The Hall–Kier alpha value is -1.52. The fourth-order valence-electron chi connectivity index (χ4n) is 3.28. The van der Waals surface area contributed by atoms with Crippen molar-refractivity contribution in [1.82, 2.24) is 20.0 Å². The van der Waals surface area contributed by atoms with Crippen molar-refractivity contribution in [3.63, 3.8) is 0 Å². The molecular weight excluding hydrogens is 238 g/mol. The lowest BCUT2D eigenvalue weighted by atomic mass is 9.68. The number of aryl methyl sites for hydroxylation is 1. The molecule has 1 spiro atoms. The highest BCUT2D eigenvalue weighted by molar-refractivity contribution is 5.80. The van der Waals surface area contributed by atoms with Gasteiger partial charge in [0.2, 0.25) is 0 Å². The SMILES string of the molecule is CN=C(NCc1cnn(C)c1)N1CCC2(CCC2)C1. The predicted molar refractivity (Wildman–Crippen MR) is 75.9 cm³/mol. The second kappa shape index (κ2) is 4.87. The van der Waals surface area contributed by atoms with Crippen LogP contribution in [-0.4, -0.2) is 40.8 Å². The third kappa shape index (κ3) is 2.46. The second-order valence-corrected chi connectivity index (χ2v) is 5.95. The van der Waals surface area contributed by atoms with E-state index in [2.05, 4.69) is 20.3 Å². The lowest BCUT2D eigenvalue weighted by Gasteiger charge is -2.38. The number of hydrogen-bond acceptors (Lipinski definition) is 2. The van der Waals surface area contributed by atoms with Crippen LogP contribution in [0.15, 0.2) is 17.4 Å². The number of guanidine groups is 1. The van der Waals surface area contributed by atoms with Gasteiger partial charge in [0.15, 0.2) is 5.96 Å². The molecule has 0 bridgehead atoms. The van der Waals surface area contributed by atoms with Crippen molar-refractivity contribution >= 4 is 5.96 Å². The average molecular weight is 261 g/mol. The molecule has 1 N–H and O–H groups in total. The molecular formula is C14H23N5. The zero-order valence-electron chi connectivity index (χ0n) is 11.9. The molecule has 5 nitrogen and oxygen atoms in total. The minimum Gasteiger partial charge on any atom is -0.352 e. The smallest absolute Gasteiger partial charge is 0.193 e. The van der Waals surface area contributed by atoms with Crippen LogP contribution in [0.4, 0.5) is 0 Å². The van der Waals surface area contributed by atoms with E-state index in [1.54, 1.807) is 0 Å². The number of nitrogens with zero attached hydrogens (tertiary/aromatic N) is 4. The molecule has 19 heavy (non-hydrogen) atoms. The maximum atomic E-state index is 4.42. The van der Waals surface area contributed by atoms with Crippen LogP contribution in [0.5, 0.6) is 0 Å². The van der Waals surface area contributed by atoms with Crippen LogP contribution in [0, 0.1) is 5.41 Å². The fraction of sp³-hybridized carbons (Fsp3) is 0.714. The van der Waals surface area contributed by atoms with Crippen LogP contribution >= 0.6 is 0 Å². The van der Waals surface area contributed by atoms with E-state index in [9.17, 15) is 0 Å². The average Bonchev–Trinajstić information content (AvgIpc) is 2.96. The quantitative estimate of drug-likeness (QED) is 0.646. The summed E-state index contributed by atoms with van der Waals surface area (Å²) in [5.74, 6) is 1.03. The van der Waals surface area contributed by atoms with Crippen LogP contribution in [-0.2, 0) is 13.6 Å². The highest BCUT2D eigenvalue weighted by Gasteiger charge is 2.43. The molecule has 1 aliphatic carbocycles. The summed E-state index contributed by atoms with van der Waals surface area (Å²) in [6.07, 6.45) is 9.50. The molecule has 2 heterocycles. The summed E-state index contributed by atoms with van der Waals surface area (Å²) < 4.78 is 1.83. The summed E-state index contributed by atoms with van der Waals surface area (Å²) in [5, 5.41) is 7.64. The summed E-state index contributed by atoms with van der Waals surface area (Å²) in [7, 11) is 3.82. The lowest BCUT2D eigenvalue weighted by molar-refractivity contribution is 0.151. The summed E-state index contributed by atoms with van der Waals surface area (Å²) in [6, 6.07) is 0. The highest BCUT2D eigenvalue weighted by atomic mass is 15.3. The summed E-state index contributed by atoms with van der Waals surface area (Å²) in [6.45, 7) is 3.12. The van der Waals surface area contributed by atoms with E-state index in [0.717, 1.165) is 19.0 Å². The zero-order valence-corrected chi connectivity index (χ0v) is 11.9. The third-order valence-electron chi connectivity index (χ3n) is 4.57. The van der Waals surface area contributed by atoms with Gasteiger partial charge in [-0.05, 0) is 24.7 Å². The van der Waals surface area contributed by atoms with Gasteiger partial charge in [0.1, 0.15) is 0 Å². The molecule has 0 unspecified atom stereocenters. The maximum Gasteiger partial charge on any atom is 0.193 e. The minimum absolute atomic E-state index is 0.617. The molecule has 1 aromatic heterocycles. The van der Waals surface area contributed by atoms with Gasteiger partial charge >= 0.3 is 0 Å². The standard InChI is InChI=1S/C14H23N5/c1-15-13(16-8-12-9-17-18(2)10-12)19-7-6-14(11-19)4-3-5-14/h9-10H,3-8,11H2,1-2H3,(H,15,16). The first-order valence-electron chi connectivity index (χ1n) is 7.14. The first-order valence-corrected chi connectivity index (χ1v) is 7.14. The molecule has 1 saturated carbocycles. The van der Waals surface area contributed by atoms with Crippen molar-refractivity contribution in [2.75, 3.05) is 20.1 Å². The first-order chi connectivity index (χ1) is 9.21. The Morgan fingerprint density at radius 2 is 2.32 bits per heavy atom. The Labute approximate surface area is 114 Å². The van der Waals surface area contributed by atoms with E-state index >= 15 is 0 Å². The Bertz CT molecular complexity index is 472. The molecule has 0 radical (unpaired) electrons. The maximum absolute atomic E-state index is 4.42. The molecule has 1 aliphatic heterocycles. The van der Waals surface area contributed by atoms with Gasteiger partial charge in [-0.1, -0.05) is 6.42 Å². The first kappa shape index (κ1) is 12.5. The second-order valence-electron chi connectivity index (χ2n) is 5.95. The van der Waals surface area contributed by atoms with Crippen LogP contribution in [0.2, 0.25) is 0 Å². The van der Waals surface area contributed by atoms with Crippen molar-refractivity contribution in [3.05, 3.63) is 18.0 Å². The van der Waals surface area contributed by atoms with Gasteiger partial charge in [0, 0.05) is 45.5 Å². The van der Waals surface area contributed by atoms with Crippen LogP contribution in [0.3, 0.4) is 0 Å². The number of rotatable bonds is 2. The summed E-state index contributed by atoms with van der Waals surface area (Å²) in [4.78, 5) is 6.83. The van der Waals surface area contributed by atoms with E-state index in [4.69, 9.17) is 0 Å². The zero-order chi connectivity index (χ0) is 13.3. The molecule has 1 aromatic rings. The number of nitrogens with one attached hydrogen (secondary N) is 1. The van der Waals surface area contributed by atoms with Gasteiger partial charge in [-0.2, -0.15) is 5.10 Å². The van der Waals surface area contributed by atoms with Gasteiger partial charge in [-0.3, -0.25) is 9.67 Å². The van der Waals surface area contributed by atoms with E-state index in [1.807, 2.05) is 31.2 Å². The Balaban J connectivity index is 1.56. The molecule has 0 aromatic carbocycles. The Morgan fingerprint density at radius 1 is 1.47 bits per heavy atom. The Morgan fingerprint density at radius 3 is 2.84 bits per heavy atom. The van der Waals surface area contributed by atoms with E-state index in [-0.39, 0.29) is 0 Å². The summed E-state index contributed by atoms with van der Waals surface area (Å²) >= 11 is 0. The number of likely N-dealkylation sites (tertiary alicyclic amines) is 1. The number of aliphatic imine (C=N–C) groups is 1. The molecule has 1 saturated heterocycles.